The molecule has 0 aliphatic carbocycles. The number of fused-ring (bicyclic) bond motifs is 1. The van der Waals surface area contributed by atoms with Crippen molar-refractivity contribution in [1.82, 2.24) is 20.1 Å². The zero-order valence-electron chi connectivity index (χ0n) is 25.4. The number of aliphatic hydroxyl groups is 2. The van der Waals surface area contributed by atoms with Crippen LogP contribution in [-0.2, 0) is 16.0 Å². The SMILES string of the molecule is CCOC(=O)C1=C(CN2CCN3C(O)N(c4ccc(CCC(N)O)cc4)C[C@@H]3C2)NC(c2nccs2)=N[C@H]1c1ccc(F)c(F)c1. The maximum Gasteiger partial charge on any atom is 0.338 e. The number of ether oxygens (including phenoxy) is 1. The van der Waals surface area contributed by atoms with Crippen LogP contribution in [0.25, 0.3) is 0 Å². The summed E-state index contributed by atoms with van der Waals surface area (Å²) in [5.74, 6) is -2.18. The summed E-state index contributed by atoms with van der Waals surface area (Å²) in [5, 5.41) is 26.3. The largest absolute Gasteiger partial charge is 0.463 e. The van der Waals surface area contributed by atoms with Gasteiger partial charge in [-0.05, 0) is 55.2 Å². The Kier molecular flexibility index (Phi) is 9.73. The summed E-state index contributed by atoms with van der Waals surface area (Å²) < 4.78 is 33.7. The number of aliphatic hydroxyl groups excluding tert-OH is 2. The lowest BCUT2D eigenvalue weighted by Crippen LogP contribution is -2.54. The average molecular weight is 654 g/mol. The normalized spacial score (nSPS) is 22.8. The van der Waals surface area contributed by atoms with E-state index in [0.717, 1.165) is 23.4 Å². The third-order valence-electron chi connectivity index (χ3n) is 8.49. The van der Waals surface area contributed by atoms with Crippen LogP contribution in [0.3, 0.4) is 0 Å². The monoisotopic (exact) mass is 653 g/mol. The summed E-state index contributed by atoms with van der Waals surface area (Å²) in [4.78, 5) is 28.8. The number of nitrogens with two attached hydrogens (primary N) is 1. The molecule has 3 aromatic rings. The lowest BCUT2D eigenvalue weighted by Gasteiger charge is -2.39. The number of thiazole rings is 1. The van der Waals surface area contributed by atoms with Crippen molar-refractivity contribution in [3.05, 3.63) is 93.1 Å². The molecule has 5 N–H and O–H groups in total. The molecule has 0 bridgehead atoms. The Labute approximate surface area is 269 Å². The molecule has 2 aromatic carbocycles. The number of piperazine rings is 1. The lowest BCUT2D eigenvalue weighted by atomic mass is 9.95. The first kappa shape index (κ1) is 32.2. The molecule has 14 heteroatoms. The predicted octanol–water partition coefficient (Wildman–Crippen LogP) is 2.32. The van der Waals surface area contributed by atoms with Crippen molar-refractivity contribution in [1.29, 1.82) is 0 Å². The second kappa shape index (κ2) is 13.9. The minimum atomic E-state index is -1.03. The van der Waals surface area contributed by atoms with E-state index in [0.29, 0.717) is 67.7 Å². The highest BCUT2D eigenvalue weighted by Gasteiger charge is 2.42. The first-order chi connectivity index (χ1) is 22.2. The smallest absolute Gasteiger partial charge is 0.338 e. The highest BCUT2D eigenvalue weighted by molar-refractivity contribution is 7.11. The van der Waals surface area contributed by atoms with Gasteiger partial charge in [0, 0.05) is 61.7 Å². The summed E-state index contributed by atoms with van der Waals surface area (Å²) >= 11 is 1.37. The molecule has 11 nitrogen and oxygen atoms in total. The van der Waals surface area contributed by atoms with E-state index in [2.05, 4.69) is 20.1 Å². The molecular formula is C32H37F2N7O4S. The number of esters is 1. The summed E-state index contributed by atoms with van der Waals surface area (Å²) in [7, 11) is 0. The fraction of sp³-hybridized carbons (Fsp3) is 0.406. The fourth-order valence-corrected chi connectivity index (χ4v) is 6.81. The molecule has 4 atom stereocenters. The van der Waals surface area contributed by atoms with Crippen LogP contribution in [0.2, 0.25) is 0 Å². The summed E-state index contributed by atoms with van der Waals surface area (Å²) in [6, 6.07) is 10.5. The number of rotatable bonds is 10. The second-order valence-corrected chi connectivity index (χ2v) is 12.4. The summed E-state index contributed by atoms with van der Waals surface area (Å²) in [5.41, 5.74) is 8.52. The Balaban J connectivity index is 1.24. The number of carbonyl (C=O) groups is 1. The van der Waals surface area contributed by atoms with Gasteiger partial charge in [-0.2, -0.15) is 0 Å². The zero-order valence-corrected chi connectivity index (χ0v) is 26.2. The van der Waals surface area contributed by atoms with Gasteiger partial charge in [0.25, 0.3) is 0 Å². The number of aliphatic imine (C=N–C) groups is 1. The van der Waals surface area contributed by atoms with E-state index in [1.807, 2.05) is 34.5 Å². The van der Waals surface area contributed by atoms with Crippen molar-refractivity contribution in [3.8, 4) is 0 Å². The van der Waals surface area contributed by atoms with Gasteiger partial charge in [0.05, 0.1) is 12.2 Å². The van der Waals surface area contributed by atoms with Crippen molar-refractivity contribution < 1.29 is 28.5 Å². The minimum Gasteiger partial charge on any atom is -0.463 e. The molecule has 0 saturated carbocycles. The maximum atomic E-state index is 14.4. The predicted molar refractivity (Wildman–Crippen MR) is 170 cm³/mol. The van der Waals surface area contributed by atoms with Crippen LogP contribution in [0.4, 0.5) is 14.5 Å². The van der Waals surface area contributed by atoms with Crippen LogP contribution < -0.4 is 16.0 Å². The second-order valence-electron chi connectivity index (χ2n) is 11.5. The molecule has 0 spiro atoms. The summed E-state index contributed by atoms with van der Waals surface area (Å²) in [6.45, 7) is 4.59. The van der Waals surface area contributed by atoms with E-state index in [4.69, 9.17) is 15.5 Å². The van der Waals surface area contributed by atoms with Gasteiger partial charge in [0.1, 0.15) is 12.3 Å². The molecule has 2 unspecified atom stereocenters. The van der Waals surface area contributed by atoms with Crippen molar-refractivity contribution in [2.24, 2.45) is 10.7 Å². The molecule has 2 saturated heterocycles. The van der Waals surface area contributed by atoms with Crippen molar-refractivity contribution >= 4 is 28.8 Å². The van der Waals surface area contributed by atoms with Gasteiger partial charge in [-0.1, -0.05) is 18.2 Å². The Morgan fingerprint density at radius 1 is 1.17 bits per heavy atom. The topological polar surface area (TPSA) is 140 Å². The van der Waals surface area contributed by atoms with Crippen molar-refractivity contribution in [2.45, 2.75) is 44.4 Å². The van der Waals surface area contributed by atoms with Crippen LogP contribution in [0.15, 0.2) is 70.3 Å². The van der Waals surface area contributed by atoms with Crippen LogP contribution in [0.1, 0.15) is 35.5 Å². The van der Waals surface area contributed by atoms with E-state index in [9.17, 15) is 23.8 Å². The average Bonchev–Trinajstić information content (AvgIpc) is 3.70. The molecule has 3 aliphatic heterocycles. The number of nitrogens with zero attached hydrogens (tertiary/aromatic N) is 5. The highest BCUT2D eigenvalue weighted by Crippen LogP contribution is 2.35. The number of benzene rings is 2. The number of aromatic nitrogens is 1. The molecule has 46 heavy (non-hydrogen) atoms. The first-order valence-corrected chi connectivity index (χ1v) is 16.1. The van der Waals surface area contributed by atoms with Crippen molar-refractivity contribution in [2.75, 3.05) is 44.2 Å². The number of nitrogens with one attached hydrogen (secondary N) is 1. The molecule has 244 valence electrons. The molecule has 2 fully saturated rings. The van der Waals surface area contributed by atoms with E-state index < -0.39 is 36.2 Å². The minimum absolute atomic E-state index is 0.0140. The van der Waals surface area contributed by atoms with Gasteiger partial charge >= 0.3 is 5.97 Å². The quantitative estimate of drug-likeness (QED) is 0.191. The number of anilines is 1. The molecule has 0 amide bonds. The Morgan fingerprint density at radius 3 is 2.67 bits per heavy atom. The van der Waals surface area contributed by atoms with Crippen LogP contribution >= 0.6 is 11.3 Å². The summed E-state index contributed by atoms with van der Waals surface area (Å²) in [6.07, 6.45) is 1.14. The van der Waals surface area contributed by atoms with Crippen LogP contribution in [0.5, 0.6) is 0 Å². The number of halogens is 2. The molecular weight excluding hydrogens is 616 g/mol. The van der Waals surface area contributed by atoms with Gasteiger partial charge in [-0.3, -0.25) is 14.8 Å². The maximum absolute atomic E-state index is 14.4. The number of carbonyl (C=O) groups excluding carboxylic acids is 1. The van der Waals surface area contributed by atoms with Gasteiger partial charge < -0.3 is 30.9 Å². The van der Waals surface area contributed by atoms with Crippen LogP contribution in [0, 0.1) is 11.6 Å². The molecule has 6 rings (SSSR count). The number of amidine groups is 1. The van der Waals surface area contributed by atoms with E-state index in [1.54, 1.807) is 13.1 Å². The number of hydrogen-bond acceptors (Lipinski definition) is 12. The number of aryl methyl sites for hydroxylation is 1. The molecule has 4 heterocycles. The van der Waals surface area contributed by atoms with Crippen LogP contribution in [-0.4, -0.2) is 94.8 Å². The molecule has 1 aromatic heterocycles. The van der Waals surface area contributed by atoms with E-state index >= 15 is 0 Å². The Hall–Kier alpha value is -3.79. The Morgan fingerprint density at radius 2 is 1.98 bits per heavy atom. The van der Waals surface area contributed by atoms with E-state index in [-0.39, 0.29) is 18.2 Å². The van der Waals surface area contributed by atoms with Gasteiger partial charge in [0.2, 0.25) is 0 Å². The zero-order chi connectivity index (χ0) is 32.4. The third-order valence-corrected chi connectivity index (χ3v) is 9.27. The number of hydrogen-bond donors (Lipinski definition) is 4. The lowest BCUT2D eigenvalue weighted by molar-refractivity contribution is -0.139. The fourth-order valence-electron chi connectivity index (χ4n) is 6.22. The Bertz CT molecular complexity index is 1600. The standard InChI is InChI=1S/C32H37F2N7O4S/c1-2-45-31(43)27-25(37-29(30-36-11-14-46-30)38-28(27)20-6-9-23(33)24(34)15-20)18-39-12-13-40-22(16-39)17-41(32(40)44)21-7-3-19(4-8-21)5-10-26(35)42/h3-4,6-9,11,14-15,22,26,28,32,42,44H,2,5,10,12-13,16-18,35H2,1H3,(H,37,38)/t22-,26?,28-,32?/m0/s1. The molecule has 3 aliphatic rings. The van der Waals surface area contributed by atoms with Gasteiger partial charge in [-0.25, -0.2) is 18.6 Å². The van der Waals surface area contributed by atoms with Gasteiger partial charge in [0.15, 0.2) is 28.8 Å². The third kappa shape index (κ3) is 6.82. The van der Waals surface area contributed by atoms with Crippen molar-refractivity contribution in [3.63, 3.8) is 0 Å². The van der Waals surface area contributed by atoms with Gasteiger partial charge in [-0.15, -0.1) is 11.3 Å². The highest BCUT2D eigenvalue weighted by atomic mass is 32.1. The molecule has 0 radical (unpaired) electrons. The van der Waals surface area contributed by atoms with E-state index in [1.165, 1.54) is 17.4 Å². The first-order valence-electron chi connectivity index (χ1n) is 15.3.